The Morgan fingerprint density at radius 1 is 1.30 bits per heavy atom. The predicted molar refractivity (Wildman–Crippen MR) is 73.1 cm³/mol. The zero-order chi connectivity index (χ0) is 14.4. The molecule has 0 spiro atoms. The van der Waals surface area contributed by atoms with Gasteiger partial charge in [0.25, 0.3) is 0 Å². The van der Waals surface area contributed by atoms with Crippen molar-refractivity contribution in [3.8, 4) is 0 Å². The number of carbonyl (C=O) groups excluding carboxylic acids is 1. The van der Waals surface area contributed by atoms with Crippen LogP contribution in [0.3, 0.4) is 0 Å². The van der Waals surface area contributed by atoms with Gasteiger partial charge in [0, 0.05) is 0 Å². The summed E-state index contributed by atoms with van der Waals surface area (Å²) in [4.78, 5) is 22.7. The van der Waals surface area contributed by atoms with Crippen LogP contribution in [0.25, 0.3) is 0 Å². The molecule has 1 saturated carbocycles. The quantitative estimate of drug-likeness (QED) is 0.838. The number of hydrogen-bond acceptors (Lipinski definition) is 3. The maximum absolute atomic E-state index is 11.6. The lowest BCUT2D eigenvalue weighted by molar-refractivity contribution is -0.140. The minimum atomic E-state index is -1.01. The summed E-state index contributed by atoms with van der Waals surface area (Å²) in [5.74, 6) is -0.598. The highest BCUT2D eigenvalue weighted by atomic mass is 16.5. The number of rotatable bonds is 6. The molecular formula is C15H19NO4. The molecule has 5 heteroatoms. The number of benzene rings is 1. The highest BCUT2D eigenvalue weighted by molar-refractivity contribution is 5.79. The van der Waals surface area contributed by atoms with Crippen LogP contribution < -0.4 is 5.32 Å². The molecule has 2 N–H and O–H groups in total. The smallest absolute Gasteiger partial charge is 0.408 e. The molecule has 0 heterocycles. The van der Waals surface area contributed by atoms with Crippen molar-refractivity contribution in [2.45, 2.75) is 38.3 Å². The Balaban J connectivity index is 1.77. The average Bonchev–Trinajstić information content (AvgIpc) is 2.40. The number of amides is 1. The van der Waals surface area contributed by atoms with Gasteiger partial charge in [0.2, 0.25) is 0 Å². The molecule has 0 bridgehead atoms. The van der Waals surface area contributed by atoms with E-state index in [-0.39, 0.29) is 6.61 Å². The third kappa shape index (κ3) is 4.26. The summed E-state index contributed by atoms with van der Waals surface area (Å²) in [7, 11) is 0. The summed E-state index contributed by atoms with van der Waals surface area (Å²) >= 11 is 0. The summed E-state index contributed by atoms with van der Waals surface area (Å²) in [6.07, 6.45) is 3.04. The molecule has 2 rings (SSSR count). The molecule has 20 heavy (non-hydrogen) atoms. The van der Waals surface area contributed by atoms with Gasteiger partial charge in [-0.25, -0.2) is 9.59 Å². The van der Waals surface area contributed by atoms with Crippen molar-refractivity contribution in [1.29, 1.82) is 0 Å². The molecule has 1 aromatic carbocycles. The minimum Gasteiger partial charge on any atom is -0.480 e. The first kappa shape index (κ1) is 14.4. The van der Waals surface area contributed by atoms with Crippen molar-refractivity contribution in [3.63, 3.8) is 0 Å². The summed E-state index contributed by atoms with van der Waals surface area (Å²) in [5, 5.41) is 11.5. The van der Waals surface area contributed by atoms with Gasteiger partial charge in [-0.3, -0.25) is 0 Å². The first-order chi connectivity index (χ1) is 9.65. The van der Waals surface area contributed by atoms with E-state index in [2.05, 4.69) is 5.32 Å². The highest BCUT2D eigenvalue weighted by Crippen LogP contribution is 2.30. The Hall–Kier alpha value is -2.04. The van der Waals surface area contributed by atoms with Crippen LogP contribution in [-0.4, -0.2) is 23.2 Å². The number of carboxylic acids is 1. The van der Waals surface area contributed by atoms with E-state index in [9.17, 15) is 9.59 Å². The average molecular weight is 277 g/mol. The van der Waals surface area contributed by atoms with E-state index in [4.69, 9.17) is 9.84 Å². The number of hydrogen-bond donors (Lipinski definition) is 2. The molecule has 5 nitrogen and oxygen atoms in total. The summed E-state index contributed by atoms with van der Waals surface area (Å²) in [5.41, 5.74) is 0.869. The lowest BCUT2D eigenvalue weighted by atomic mass is 9.81. The molecule has 1 amide bonds. The van der Waals surface area contributed by atoms with E-state index in [0.717, 1.165) is 24.8 Å². The standard InChI is InChI=1S/C15H19NO4/c17-14(18)13(9-11-7-4-8-11)16-15(19)20-10-12-5-2-1-3-6-12/h1-3,5-6,11,13H,4,7-10H2,(H,16,19)(H,17,18)/t13-/m0/s1. The van der Waals surface area contributed by atoms with Crippen molar-refractivity contribution < 1.29 is 19.4 Å². The van der Waals surface area contributed by atoms with E-state index in [0.29, 0.717) is 12.3 Å². The Bertz CT molecular complexity index is 456. The van der Waals surface area contributed by atoms with Crippen LogP contribution in [0, 0.1) is 5.92 Å². The second-order valence-corrected chi connectivity index (χ2v) is 5.13. The number of carbonyl (C=O) groups is 2. The summed E-state index contributed by atoms with van der Waals surface area (Å²) in [6.45, 7) is 0.141. The van der Waals surface area contributed by atoms with Gasteiger partial charge in [0.15, 0.2) is 0 Å². The predicted octanol–water partition coefficient (Wildman–Crippen LogP) is 2.56. The number of alkyl carbamates (subject to hydrolysis) is 1. The monoisotopic (exact) mass is 277 g/mol. The van der Waals surface area contributed by atoms with Crippen LogP contribution in [0.1, 0.15) is 31.2 Å². The van der Waals surface area contributed by atoms with Crippen LogP contribution in [0.2, 0.25) is 0 Å². The van der Waals surface area contributed by atoms with E-state index in [1.165, 1.54) is 0 Å². The molecule has 1 atom stereocenters. The zero-order valence-corrected chi connectivity index (χ0v) is 11.2. The Morgan fingerprint density at radius 3 is 2.55 bits per heavy atom. The molecular weight excluding hydrogens is 258 g/mol. The molecule has 0 radical (unpaired) electrons. The molecule has 1 aliphatic carbocycles. The van der Waals surface area contributed by atoms with E-state index < -0.39 is 18.1 Å². The largest absolute Gasteiger partial charge is 0.480 e. The zero-order valence-electron chi connectivity index (χ0n) is 11.2. The topological polar surface area (TPSA) is 75.6 Å². The molecule has 0 aliphatic heterocycles. The molecule has 0 unspecified atom stereocenters. The molecule has 1 fully saturated rings. The van der Waals surface area contributed by atoms with Crippen molar-refractivity contribution in [1.82, 2.24) is 5.32 Å². The van der Waals surface area contributed by atoms with Crippen molar-refractivity contribution >= 4 is 12.1 Å². The van der Waals surface area contributed by atoms with E-state index >= 15 is 0 Å². The SMILES string of the molecule is O=C(N[C@@H](CC1CCC1)C(=O)O)OCc1ccccc1. The third-order valence-corrected chi connectivity index (χ3v) is 3.60. The van der Waals surface area contributed by atoms with Crippen LogP contribution >= 0.6 is 0 Å². The molecule has 1 aromatic rings. The van der Waals surface area contributed by atoms with Gasteiger partial charge in [-0.05, 0) is 17.9 Å². The number of carboxylic acid groups (broad SMARTS) is 1. The van der Waals surface area contributed by atoms with Crippen LogP contribution in [0.15, 0.2) is 30.3 Å². The maximum atomic E-state index is 11.6. The van der Waals surface area contributed by atoms with Gasteiger partial charge in [-0.2, -0.15) is 0 Å². The number of ether oxygens (including phenoxy) is 1. The van der Waals surface area contributed by atoms with E-state index in [1.807, 2.05) is 30.3 Å². The molecule has 108 valence electrons. The third-order valence-electron chi connectivity index (χ3n) is 3.60. The fourth-order valence-electron chi connectivity index (χ4n) is 2.19. The van der Waals surface area contributed by atoms with Gasteiger partial charge in [-0.15, -0.1) is 0 Å². The minimum absolute atomic E-state index is 0.141. The summed E-state index contributed by atoms with van der Waals surface area (Å²) in [6, 6.07) is 8.42. The van der Waals surface area contributed by atoms with Gasteiger partial charge < -0.3 is 15.2 Å². The Kier molecular flexibility index (Phi) is 4.98. The fraction of sp³-hybridized carbons (Fsp3) is 0.467. The summed E-state index contributed by atoms with van der Waals surface area (Å²) < 4.78 is 5.03. The Morgan fingerprint density at radius 2 is 2.00 bits per heavy atom. The lowest BCUT2D eigenvalue weighted by Crippen LogP contribution is -2.43. The van der Waals surface area contributed by atoms with Crippen LogP contribution in [-0.2, 0) is 16.1 Å². The van der Waals surface area contributed by atoms with Crippen LogP contribution in [0.4, 0.5) is 4.79 Å². The molecule has 0 saturated heterocycles. The second-order valence-electron chi connectivity index (χ2n) is 5.13. The van der Waals surface area contributed by atoms with Gasteiger partial charge in [0.1, 0.15) is 12.6 Å². The lowest BCUT2D eigenvalue weighted by Gasteiger charge is -2.28. The maximum Gasteiger partial charge on any atom is 0.408 e. The van der Waals surface area contributed by atoms with Crippen molar-refractivity contribution in [3.05, 3.63) is 35.9 Å². The number of aliphatic carboxylic acids is 1. The molecule has 1 aliphatic rings. The van der Waals surface area contributed by atoms with Gasteiger partial charge in [-0.1, -0.05) is 49.6 Å². The van der Waals surface area contributed by atoms with Crippen molar-refractivity contribution in [2.24, 2.45) is 5.92 Å². The number of nitrogens with one attached hydrogen (secondary N) is 1. The van der Waals surface area contributed by atoms with E-state index in [1.54, 1.807) is 0 Å². The Labute approximate surface area is 117 Å². The first-order valence-electron chi connectivity index (χ1n) is 6.85. The highest BCUT2D eigenvalue weighted by Gasteiger charge is 2.27. The van der Waals surface area contributed by atoms with Crippen molar-refractivity contribution in [2.75, 3.05) is 0 Å². The fourth-order valence-corrected chi connectivity index (χ4v) is 2.19. The second kappa shape index (κ2) is 6.93. The van der Waals surface area contributed by atoms with Gasteiger partial charge in [0.05, 0.1) is 0 Å². The van der Waals surface area contributed by atoms with Gasteiger partial charge >= 0.3 is 12.1 Å². The molecule has 0 aromatic heterocycles. The van der Waals surface area contributed by atoms with Crippen LogP contribution in [0.5, 0.6) is 0 Å². The first-order valence-corrected chi connectivity index (χ1v) is 6.85. The normalized spacial score (nSPS) is 16.0.